The van der Waals surface area contributed by atoms with Crippen molar-refractivity contribution in [1.82, 2.24) is 19.8 Å². The zero-order valence-electron chi connectivity index (χ0n) is 13.3. The van der Waals surface area contributed by atoms with Crippen molar-refractivity contribution in [2.45, 2.75) is 25.9 Å². The van der Waals surface area contributed by atoms with Crippen molar-refractivity contribution in [1.29, 1.82) is 0 Å². The molecule has 1 aliphatic heterocycles. The highest BCUT2D eigenvalue weighted by atomic mass is 16.5. The van der Waals surface area contributed by atoms with Crippen LogP contribution in [0.15, 0.2) is 43.0 Å². The van der Waals surface area contributed by atoms with Gasteiger partial charge in [-0.2, -0.15) is 0 Å². The van der Waals surface area contributed by atoms with E-state index in [1.807, 2.05) is 39.9 Å². The van der Waals surface area contributed by atoms with Crippen molar-refractivity contribution >= 4 is 6.03 Å². The van der Waals surface area contributed by atoms with E-state index >= 15 is 0 Å². The molecule has 1 unspecified atom stereocenters. The van der Waals surface area contributed by atoms with E-state index < -0.39 is 0 Å². The maximum absolute atomic E-state index is 12.3. The molecule has 1 aromatic heterocycles. The van der Waals surface area contributed by atoms with Crippen LogP contribution >= 0.6 is 0 Å². The van der Waals surface area contributed by atoms with Gasteiger partial charge in [-0.1, -0.05) is 12.1 Å². The Morgan fingerprint density at radius 1 is 1.35 bits per heavy atom. The number of nitrogens with zero attached hydrogens (tertiary/aromatic N) is 3. The van der Waals surface area contributed by atoms with Crippen LogP contribution in [0.5, 0.6) is 0 Å². The van der Waals surface area contributed by atoms with Gasteiger partial charge in [0.15, 0.2) is 0 Å². The van der Waals surface area contributed by atoms with E-state index in [2.05, 4.69) is 17.2 Å². The quantitative estimate of drug-likeness (QED) is 0.945. The van der Waals surface area contributed by atoms with Gasteiger partial charge in [0, 0.05) is 43.8 Å². The number of carbonyl (C=O) groups is 1. The Morgan fingerprint density at radius 3 is 2.91 bits per heavy atom. The van der Waals surface area contributed by atoms with Gasteiger partial charge >= 0.3 is 6.03 Å². The first-order chi connectivity index (χ1) is 11.2. The van der Waals surface area contributed by atoms with E-state index in [-0.39, 0.29) is 12.1 Å². The van der Waals surface area contributed by atoms with Crippen LogP contribution in [0.25, 0.3) is 5.69 Å². The van der Waals surface area contributed by atoms with Gasteiger partial charge in [0.05, 0.1) is 12.9 Å². The normalized spacial score (nSPS) is 18.5. The SMILES string of the molecule is CC1CCOCCN1C(=O)NCc1ccc(-n2ccnc2)cc1. The summed E-state index contributed by atoms with van der Waals surface area (Å²) in [4.78, 5) is 18.2. The van der Waals surface area contributed by atoms with Gasteiger partial charge < -0.3 is 19.5 Å². The predicted octanol–water partition coefficient (Wildman–Crippen LogP) is 2.19. The van der Waals surface area contributed by atoms with Gasteiger partial charge in [0.2, 0.25) is 0 Å². The van der Waals surface area contributed by atoms with Crippen LogP contribution in [-0.2, 0) is 11.3 Å². The molecule has 1 atom stereocenters. The molecule has 0 radical (unpaired) electrons. The molecule has 1 fully saturated rings. The van der Waals surface area contributed by atoms with Gasteiger partial charge in [0.25, 0.3) is 0 Å². The lowest BCUT2D eigenvalue weighted by molar-refractivity contribution is 0.142. The molecule has 1 N–H and O–H groups in total. The second kappa shape index (κ2) is 7.28. The van der Waals surface area contributed by atoms with Crippen LogP contribution in [0.4, 0.5) is 4.79 Å². The summed E-state index contributed by atoms with van der Waals surface area (Å²) >= 11 is 0. The number of imidazole rings is 1. The van der Waals surface area contributed by atoms with Crippen LogP contribution in [0.1, 0.15) is 18.9 Å². The Hall–Kier alpha value is -2.34. The number of hydrogen-bond acceptors (Lipinski definition) is 3. The van der Waals surface area contributed by atoms with Crippen LogP contribution in [-0.4, -0.2) is 46.3 Å². The van der Waals surface area contributed by atoms with Gasteiger partial charge in [0.1, 0.15) is 0 Å². The molecule has 1 aromatic carbocycles. The van der Waals surface area contributed by atoms with Crippen molar-refractivity contribution in [2.24, 2.45) is 0 Å². The first-order valence-corrected chi connectivity index (χ1v) is 7.93. The lowest BCUT2D eigenvalue weighted by atomic mass is 10.2. The number of urea groups is 1. The van der Waals surface area contributed by atoms with Crippen molar-refractivity contribution in [3.63, 3.8) is 0 Å². The maximum atomic E-state index is 12.3. The summed E-state index contributed by atoms with van der Waals surface area (Å²) in [7, 11) is 0. The highest BCUT2D eigenvalue weighted by molar-refractivity contribution is 5.74. The number of benzene rings is 1. The number of ether oxygens (including phenoxy) is 1. The fraction of sp³-hybridized carbons (Fsp3) is 0.412. The second-order valence-electron chi connectivity index (χ2n) is 5.74. The smallest absolute Gasteiger partial charge is 0.317 e. The minimum Gasteiger partial charge on any atom is -0.380 e. The Kier molecular flexibility index (Phi) is 4.92. The standard InChI is InChI=1S/C17H22N4O2/c1-14-6-10-23-11-9-21(14)17(22)19-12-15-2-4-16(5-3-15)20-8-7-18-13-20/h2-5,7-8,13-14H,6,9-12H2,1H3,(H,19,22). The zero-order valence-corrected chi connectivity index (χ0v) is 13.3. The number of hydrogen-bond donors (Lipinski definition) is 1. The van der Waals surface area contributed by atoms with E-state index in [1.54, 1.807) is 12.5 Å². The van der Waals surface area contributed by atoms with Gasteiger partial charge in [-0.3, -0.25) is 0 Å². The van der Waals surface area contributed by atoms with Crippen LogP contribution in [0, 0.1) is 0 Å². The van der Waals surface area contributed by atoms with Gasteiger partial charge in [-0.15, -0.1) is 0 Å². The molecule has 0 spiro atoms. The lowest BCUT2D eigenvalue weighted by Crippen LogP contribution is -2.45. The minimum atomic E-state index is -0.0262. The van der Waals surface area contributed by atoms with E-state index in [9.17, 15) is 4.79 Å². The molecule has 0 bridgehead atoms. The van der Waals surface area contributed by atoms with Gasteiger partial charge in [-0.25, -0.2) is 9.78 Å². The summed E-state index contributed by atoms with van der Waals surface area (Å²) < 4.78 is 7.37. The first kappa shape index (κ1) is 15.6. The molecular weight excluding hydrogens is 292 g/mol. The van der Waals surface area contributed by atoms with Crippen molar-refractivity contribution < 1.29 is 9.53 Å². The third-order valence-electron chi connectivity index (χ3n) is 4.13. The third kappa shape index (κ3) is 3.90. The number of rotatable bonds is 3. The fourth-order valence-electron chi connectivity index (χ4n) is 2.67. The Bertz CT molecular complexity index is 625. The number of aromatic nitrogens is 2. The molecule has 0 saturated carbocycles. The van der Waals surface area contributed by atoms with E-state index in [0.29, 0.717) is 19.7 Å². The Morgan fingerprint density at radius 2 is 2.17 bits per heavy atom. The highest BCUT2D eigenvalue weighted by Gasteiger charge is 2.21. The topological polar surface area (TPSA) is 59.4 Å². The molecule has 0 aliphatic carbocycles. The molecule has 2 aromatic rings. The zero-order chi connectivity index (χ0) is 16.1. The molecule has 122 valence electrons. The molecule has 1 saturated heterocycles. The summed E-state index contributed by atoms with van der Waals surface area (Å²) in [6, 6.07) is 8.26. The van der Waals surface area contributed by atoms with Crippen molar-refractivity contribution in [3.8, 4) is 5.69 Å². The number of amides is 2. The monoisotopic (exact) mass is 314 g/mol. The summed E-state index contributed by atoms with van der Waals surface area (Å²) in [5.74, 6) is 0. The molecule has 2 amide bonds. The van der Waals surface area contributed by atoms with Crippen LogP contribution < -0.4 is 5.32 Å². The molecule has 23 heavy (non-hydrogen) atoms. The van der Waals surface area contributed by atoms with Crippen LogP contribution in [0.3, 0.4) is 0 Å². The average molecular weight is 314 g/mol. The first-order valence-electron chi connectivity index (χ1n) is 7.93. The minimum absolute atomic E-state index is 0.0262. The molecule has 2 heterocycles. The maximum Gasteiger partial charge on any atom is 0.317 e. The van der Waals surface area contributed by atoms with E-state index in [0.717, 1.165) is 24.3 Å². The molecule has 3 rings (SSSR count). The molecule has 6 nitrogen and oxygen atoms in total. The molecular formula is C17H22N4O2. The highest BCUT2D eigenvalue weighted by Crippen LogP contribution is 2.11. The Balaban J connectivity index is 1.56. The molecule has 6 heteroatoms. The summed E-state index contributed by atoms with van der Waals surface area (Å²) in [5, 5.41) is 2.99. The summed E-state index contributed by atoms with van der Waals surface area (Å²) in [6.07, 6.45) is 6.30. The fourth-order valence-corrected chi connectivity index (χ4v) is 2.67. The third-order valence-corrected chi connectivity index (χ3v) is 4.13. The number of nitrogens with one attached hydrogen (secondary N) is 1. The average Bonchev–Trinajstić information content (AvgIpc) is 3.02. The molecule has 1 aliphatic rings. The predicted molar refractivity (Wildman–Crippen MR) is 87.4 cm³/mol. The largest absolute Gasteiger partial charge is 0.380 e. The van der Waals surface area contributed by atoms with Crippen molar-refractivity contribution in [3.05, 3.63) is 48.5 Å². The lowest BCUT2D eigenvalue weighted by Gasteiger charge is -2.26. The van der Waals surface area contributed by atoms with Crippen LogP contribution in [0.2, 0.25) is 0 Å². The van der Waals surface area contributed by atoms with E-state index in [1.165, 1.54) is 0 Å². The summed E-state index contributed by atoms with van der Waals surface area (Å²) in [5.41, 5.74) is 2.12. The van der Waals surface area contributed by atoms with Crippen molar-refractivity contribution in [2.75, 3.05) is 19.8 Å². The Labute approximate surface area is 136 Å². The second-order valence-corrected chi connectivity index (χ2v) is 5.74. The summed E-state index contributed by atoms with van der Waals surface area (Å²) in [6.45, 7) is 4.56. The van der Waals surface area contributed by atoms with Gasteiger partial charge in [-0.05, 0) is 31.0 Å². The van der Waals surface area contributed by atoms with E-state index in [4.69, 9.17) is 4.74 Å². The number of carbonyl (C=O) groups excluding carboxylic acids is 1.